The second kappa shape index (κ2) is 5.74. The molecule has 0 heterocycles. The normalized spacial score (nSPS) is 15.8. The van der Waals surface area contributed by atoms with Gasteiger partial charge < -0.3 is 9.47 Å². The van der Waals surface area contributed by atoms with Gasteiger partial charge in [0.15, 0.2) is 11.5 Å². The van der Waals surface area contributed by atoms with Gasteiger partial charge in [0.1, 0.15) is 6.04 Å². The zero-order valence-electron chi connectivity index (χ0n) is 10.8. The quantitative estimate of drug-likeness (QED) is 0.836. The summed E-state index contributed by atoms with van der Waals surface area (Å²) in [5, 5.41) is 12.5. The van der Waals surface area contributed by atoms with Crippen LogP contribution in [0.15, 0.2) is 18.2 Å². The zero-order chi connectivity index (χ0) is 13.0. The van der Waals surface area contributed by atoms with Gasteiger partial charge in [-0.25, -0.2) is 0 Å². The van der Waals surface area contributed by atoms with Gasteiger partial charge in [-0.2, -0.15) is 5.26 Å². The first-order valence-corrected chi connectivity index (χ1v) is 6.13. The summed E-state index contributed by atoms with van der Waals surface area (Å²) in [4.78, 5) is 0. The minimum atomic E-state index is -0.287. The van der Waals surface area contributed by atoms with Crippen molar-refractivity contribution in [3.05, 3.63) is 23.8 Å². The van der Waals surface area contributed by atoms with E-state index in [1.807, 2.05) is 18.2 Å². The van der Waals surface area contributed by atoms with Crippen LogP contribution in [-0.4, -0.2) is 20.8 Å². The standard InChI is InChI=1S/C14H18N2O2/c1-17-13-6-5-11(7-14(13)18-2)12(8-15)16-9-10-3-4-10/h5-7,10,12,16H,3-4,9H2,1-2H3. The molecule has 0 amide bonds. The highest BCUT2D eigenvalue weighted by atomic mass is 16.5. The minimum absolute atomic E-state index is 0.287. The summed E-state index contributed by atoms with van der Waals surface area (Å²) >= 11 is 0. The average molecular weight is 246 g/mol. The monoisotopic (exact) mass is 246 g/mol. The van der Waals surface area contributed by atoms with Crippen molar-refractivity contribution in [2.75, 3.05) is 20.8 Å². The fourth-order valence-corrected chi connectivity index (χ4v) is 1.88. The van der Waals surface area contributed by atoms with Gasteiger partial charge in [0, 0.05) is 0 Å². The van der Waals surface area contributed by atoms with Gasteiger partial charge in [0.05, 0.1) is 20.3 Å². The lowest BCUT2D eigenvalue weighted by molar-refractivity contribution is 0.354. The van der Waals surface area contributed by atoms with E-state index in [2.05, 4.69) is 11.4 Å². The second-order valence-electron chi connectivity index (χ2n) is 4.53. The Morgan fingerprint density at radius 3 is 2.61 bits per heavy atom. The van der Waals surface area contributed by atoms with Gasteiger partial charge in [0.2, 0.25) is 0 Å². The number of nitriles is 1. The van der Waals surface area contributed by atoms with Crippen molar-refractivity contribution in [3.63, 3.8) is 0 Å². The lowest BCUT2D eigenvalue weighted by Gasteiger charge is -2.14. The molecule has 4 nitrogen and oxygen atoms in total. The van der Waals surface area contributed by atoms with Crippen LogP contribution in [0.5, 0.6) is 11.5 Å². The Morgan fingerprint density at radius 1 is 1.33 bits per heavy atom. The first kappa shape index (κ1) is 12.7. The van der Waals surface area contributed by atoms with E-state index in [4.69, 9.17) is 9.47 Å². The van der Waals surface area contributed by atoms with Crippen LogP contribution in [0.25, 0.3) is 0 Å². The van der Waals surface area contributed by atoms with E-state index in [-0.39, 0.29) is 6.04 Å². The number of methoxy groups -OCH3 is 2. The fraction of sp³-hybridized carbons (Fsp3) is 0.500. The van der Waals surface area contributed by atoms with Crippen LogP contribution in [0.4, 0.5) is 0 Å². The van der Waals surface area contributed by atoms with Crippen LogP contribution in [0, 0.1) is 17.2 Å². The maximum absolute atomic E-state index is 9.22. The minimum Gasteiger partial charge on any atom is -0.493 e. The molecule has 1 fully saturated rings. The first-order valence-electron chi connectivity index (χ1n) is 6.13. The molecule has 0 aliphatic heterocycles. The molecular weight excluding hydrogens is 228 g/mol. The molecule has 96 valence electrons. The van der Waals surface area contributed by atoms with E-state index >= 15 is 0 Å². The van der Waals surface area contributed by atoms with Crippen LogP contribution in [0.2, 0.25) is 0 Å². The molecule has 4 heteroatoms. The summed E-state index contributed by atoms with van der Waals surface area (Å²) in [6.45, 7) is 0.909. The summed E-state index contributed by atoms with van der Waals surface area (Å²) in [5.74, 6) is 2.09. The van der Waals surface area contributed by atoms with Crippen molar-refractivity contribution in [3.8, 4) is 17.6 Å². The number of nitrogens with one attached hydrogen (secondary N) is 1. The summed E-state index contributed by atoms with van der Waals surface area (Å²) < 4.78 is 10.4. The Hall–Kier alpha value is -1.73. The maximum atomic E-state index is 9.22. The second-order valence-corrected chi connectivity index (χ2v) is 4.53. The number of benzene rings is 1. The van der Waals surface area contributed by atoms with Gasteiger partial charge in [-0.05, 0) is 43.0 Å². The summed E-state index contributed by atoms with van der Waals surface area (Å²) in [7, 11) is 3.20. The predicted molar refractivity (Wildman–Crippen MR) is 68.6 cm³/mol. The van der Waals surface area contributed by atoms with Gasteiger partial charge >= 0.3 is 0 Å². The molecule has 1 aliphatic carbocycles. The molecule has 1 N–H and O–H groups in total. The molecule has 1 atom stereocenters. The summed E-state index contributed by atoms with van der Waals surface area (Å²) in [6, 6.07) is 7.58. The highest BCUT2D eigenvalue weighted by Crippen LogP contribution is 2.31. The number of nitrogens with zero attached hydrogens (tertiary/aromatic N) is 1. The van der Waals surface area contributed by atoms with E-state index in [0.29, 0.717) is 11.5 Å². The van der Waals surface area contributed by atoms with E-state index in [9.17, 15) is 5.26 Å². The third-order valence-corrected chi connectivity index (χ3v) is 3.18. The number of hydrogen-bond donors (Lipinski definition) is 1. The van der Waals surface area contributed by atoms with Gasteiger partial charge in [-0.1, -0.05) is 6.07 Å². The first-order chi connectivity index (χ1) is 8.78. The molecule has 1 saturated carbocycles. The van der Waals surface area contributed by atoms with Crippen LogP contribution in [0.1, 0.15) is 24.4 Å². The Balaban J connectivity index is 2.11. The van der Waals surface area contributed by atoms with E-state index < -0.39 is 0 Å². The van der Waals surface area contributed by atoms with Crippen molar-refractivity contribution >= 4 is 0 Å². The smallest absolute Gasteiger partial charge is 0.161 e. The topological polar surface area (TPSA) is 54.3 Å². The Labute approximate surface area is 108 Å². The van der Waals surface area contributed by atoms with Gasteiger partial charge in [-0.3, -0.25) is 5.32 Å². The average Bonchev–Trinajstić information content (AvgIpc) is 3.23. The predicted octanol–water partition coefficient (Wildman–Crippen LogP) is 2.27. The number of hydrogen-bond acceptors (Lipinski definition) is 4. The van der Waals surface area contributed by atoms with Gasteiger partial charge in [0.25, 0.3) is 0 Å². The lowest BCUT2D eigenvalue weighted by atomic mass is 10.1. The molecule has 2 rings (SSSR count). The van der Waals surface area contributed by atoms with Gasteiger partial charge in [-0.15, -0.1) is 0 Å². The highest BCUT2D eigenvalue weighted by molar-refractivity contribution is 5.44. The molecule has 1 aliphatic rings. The summed E-state index contributed by atoms with van der Waals surface area (Å²) in [6.07, 6.45) is 2.55. The van der Waals surface area contributed by atoms with Crippen LogP contribution in [-0.2, 0) is 0 Å². The molecule has 0 bridgehead atoms. The molecule has 0 radical (unpaired) electrons. The largest absolute Gasteiger partial charge is 0.493 e. The Bertz CT molecular complexity index is 450. The van der Waals surface area contributed by atoms with E-state index in [1.54, 1.807) is 14.2 Å². The van der Waals surface area contributed by atoms with Crippen LogP contribution >= 0.6 is 0 Å². The zero-order valence-corrected chi connectivity index (χ0v) is 10.8. The number of rotatable bonds is 6. The molecule has 1 aromatic rings. The molecule has 1 unspecified atom stereocenters. The van der Waals surface area contributed by atoms with Crippen molar-refractivity contribution in [2.45, 2.75) is 18.9 Å². The SMILES string of the molecule is COc1ccc(C(C#N)NCC2CC2)cc1OC. The van der Waals surface area contributed by atoms with E-state index in [0.717, 1.165) is 18.0 Å². The molecule has 18 heavy (non-hydrogen) atoms. The Morgan fingerprint density at radius 2 is 2.06 bits per heavy atom. The van der Waals surface area contributed by atoms with Crippen molar-refractivity contribution in [1.82, 2.24) is 5.32 Å². The summed E-state index contributed by atoms with van der Waals surface area (Å²) in [5.41, 5.74) is 0.913. The number of ether oxygens (including phenoxy) is 2. The molecule has 0 spiro atoms. The lowest BCUT2D eigenvalue weighted by Crippen LogP contribution is -2.22. The maximum Gasteiger partial charge on any atom is 0.161 e. The Kier molecular flexibility index (Phi) is 4.06. The molecular formula is C14H18N2O2. The van der Waals surface area contributed by atoms with E-state index in [1.165, 1.54) is 12.8 Å². The van der Waals surface area contributed by atoms with Crippen LogP contribution < -0.4 is 14.8 Å². The third-order valence-electron chi connectivity index (χ3n) is 3.18. The van der Waals surface area contributed by atoms with Crippen molar-refractivity contribution in [2.24, 2.45) is 5.92 Å². The molecule has 1 aromatic carbocycles. The van der Waals surface area contributed by atoms with Crippen molar-refractivity contribution < 1.29 is 9.47 Å². The third kappa shape index (κ3) is 2.93. The molecule has 0 saturated heterocycles. The van der Waals surface area contributed by atoms with Crippen LogP contribution in [0.3, 0.4) is 0 Å². The highest BCUT2D eigenvalue weighted by Gasteiger charge is 2.23. The van der Waals surface area contributed by atoms with Crippen molar-refractivity contribution in [1.29, 1.82) is 5.26 Å². The molecule has 0 aromatic heterocycles. The fourth-order valence-electron chi connectivity index (χ4n) is 1.88.